The Morgan fingerprint density at radius 2 is 1.96 bits per heavy atom. The molecule has 146 valence electrons. The van der Waals surface area contributed by atoms with Crippen LogP contribution in [-0.2, 0) is 0 Å². The number of nitrogens with one attached hydrogen (secondary N) is 1. The van der Waals surface area contributed by atoms with Gasteiger partial charge >= 0.3 is 6.09 Å². The molecule has 1 unspecified atom stereocenters. The molecule has 4 rings (SSSR count). The lowest BCUT2D eigenvalue weighted by Crippen LogP contribution is -2.39. The van der Waals surface area contributed by atoms with Gasteiger partial charge < -0.3 is 19.9 Å². The minimum Gasteiger partial charge on any atom is -0.410 e. The molecule has 2 amide bonds. The van der Waals surface area contributed by atoms with Crippen LogP contribution in [-0.4, -0.2) is 49.1 Å². The maximum absolute atomic E-state index is 13.0. The second kappa shape index (κ2) is 7.41. The van der Waals surface area contributed by atoms with Gasteiger partial charge in [-0.15, -0.1) is 0 Å². The van der Waals surface area contributed by atoms with Crippen molar-refractivity contribution in [3.05, 3.63) is 23.8 Å². The minimum atomic E-state index is -0.428. The summed E-state index contributed by atoms with van der Waals surface area (Å²) in [7, 11) is 2.02. The Morgan fingerprint density at radius 1 is 1.19 bits per heavy atom. The topological polar surface area (TPSA) is 61.9 Å². The van der Waals surface area contributed by atoms with Crippen LogP contribution in [0.5, 0.6) is 5.75 Å². The molecule has 27 heavy (non-hydrogen) atoms. The third-order valence-electron chi connectivity index (χ3n) is 6.28. The summed E-state index contributed by atoms with van der Waals surface area (Å²) >= 11 is 0. The Kier molecular flexibility index (Phi) is 4.98. The highest BCUT2D eigenvalue weighted by Crippen LogP contribution is 2.33. The number of rotatable bonds is 2. The third-order valence-corrected chi connectivity index (χ3v) is 6.28. The molecule has 1 aromatic carbocycles. The first-order valence-electron chi connectivity index (χ1n) is 10.2. The molecule has 1 aromatic rings. The number of carbonyl (C=O) groups excluding carboxylic acids is 2. The second-order valence-electron chi connectivity index (χ2n) is 8.34. The van der Waals surface area contributed by atoms with E-state index in [0.717, 1.165) is 63.2 Å². The van der Waals surface area contributed by atoms with Crippen molar-refractivity contribution < 1.29 is 14.3 Å². The maximum Gasteiger partial charge on any atom is 0.412 e. The summed E-state index contributed by atoms with van der Waals surface area (Å²) in [6.07, 6.45) is 5.96. The third kappa shape index (κ3) is 3.75. The van der Waals surface area contributed by atoms with Crippen molar-refractivity contribution in [1.82, 2.24) is 10.2 Å². The molecule has 2 aliphatic heterocycles. The van der Waals surface area contributed by atoms with Crippen LogP contribution >= 0.6 is 0 Å². The summed E-state index contributed by atoms with van der Waals surface area (Å²) in [6, 6.07) is 5.85. The summed E-state index contributed by atoms with van der Waals surface area (Å²) in [5.74, 6) is 1.21. The number of amides is 2. The molecule has 2 heterocycles. The molecule has 1 N–H and O–H groups in total. The first-order chi connectivity index (χ1) is 13.0. The van der Waals surface area contributed by atoms with E-state index >= 15 is 0 Å². The normalized spacial score (nSPS) is 27.6. The van der Waals surface area contributed by atoms with E-state index < -0.39 is 6.09 Å². The Morgan fingerprint density at radius 3 is 2.74 bits per heavy atom. The van der Waals surface area contributed by atoms with Crippen LogP contribution in [0.1, 0.15) is 55.8 Å². The summed E-state index contributed by atoms with van der Waals surface area (Å²) in [5.41, 5.74) is 1.53. The van der Waals surface area contributed by atoms with Crippen LogP contribution < -0.4 is 15.0 Å². The fourth-order valence-corrected chi connectivity index (χ4v) is 4.65. The Bertz CT molecular complexity index is 727. The monoisotopic (exact) mass is 371 g/mol. The summed E-state index contributed by atoms with van der Waals surface area (Å²) in [5, 5.41) is 2.97. The SMILES string of the molecule is CC1CCC(NC(=O)Oc2ccc3c(c2)C(=O)N2CCCC2CN3C)CC1. The number of fused-ring (bicyclic) bond motifs is 2. The predicted octanol–water partition coefficient (Wildman–Crippen LogP) is 3.41. The first-order valence-corrected chi connectivity index (χ1v) is 10.2. The zero-order chi connectivity index (χ0) is 19.0. The largest absolute Gasteiger partial charge is 0.412 e. The van der Waals surface area contributed by atoms with E-state index in [1.165, 1.54) is 0 Å². The van der Waals surface area contributed by atoms with Crippen molar-refractivity contribution in [3.63, 3.8) is 0 Å². The van der Waals surface area contributed by atoms with Gasteiger partial charge in [0.15, 0.2) is 0 Å². The number of ether oxygens (including phenoxy) is 1. The molecule has 1 aliphatic carbocycles. The van der Waals surface area contributed by atoms with E-state index in [9.17, 15) is 9.59 Å². The lowest BCUT2D eigenvalue weighted by molar-refractivity contribution is 0.0748. The van der Waals surface area contributed by atoms with Gasteiger partial charge in [0.25, 0.3) is 5.91 Å². The summed E-state index contributed by atoms with van der Waals surface area (Å²) in [6.45, 7) is 3.91. The molecule has 0 spiro atoms. The van der Waals surface area contributed by atoms with Gasteiger partial charge in [-0.1, -0.05) is 6.92 Å². The van der Waals surface area contributed by atoms with E-state index in [0.29, 0.717) is 11.3 Å². The number of hydrogen-bond acceptors (Lipinski definition) is 4. The van der Waals surface area contributed by atoms with Crippen LogP contribution in [0.4, 0.5) is 10.5 Å². The van der Waals surface area contributed by atoms with Crippen molar-refractivity contribution in [2.45, 2.75) is 57.5 Å². The van der Waals surface area contributed by atoms with Crippen LogP contribution in [0.3, 0.4) is 0 Å². The van der Waals surface area contributed by atoms with Crippen LogP contribution in [0, 0.1) is 5.92 Å². The van der Waals surface area contributed by atoms with Crippen LogP contribution in [0.15, 0.2) is 18.2 Å². The molecule has 0 bridgehead atoms. The number of carbonyl (C=O) groups is 2. The number of nitrogens with zero attached hydrogens (tertiary/aromatic N) is 2. The highest BCUT2D eigenvalue weighted by atomic mass is 16.6. The summed E-state index contributed by atoms with van der Waals surface area (Å²) in [4.78, 5) is 29.4. The standard InChI is InChI=1S/C21H29N3O3/c1-14-5-7-15(8-6-14)22-21(26)27-17-9-10-19-18(12-17)20(25)24-11-3-4-16(24)13-23(19)2/h9-10,12,14-16H,3-8,11,13H2,1-2H3,(H,22,26). The molecule has 1 saturated heterocycles. The van der Waals surface area contributed by atoms with Gasteiger partial charge in [0.1, 0.15) is 5.75 Å². The highest BCUT2D eigenvalue weighted by Gasteiger charge is 2.35. The Hall–Kier alpha value is -2.24. The zero-order valence-electron chi connectivity index (χ0n) is 16.2. The van der Waals surface area contributed by atoms with E-state index in [4.69, 9.17) is 4.74 Å². The van der Waals surface area contributed by atoms with Gasteiger partial charge in [-0.2, -0.15) is 0 Å². The molecule has 2 fully saturated rings. The number of likely N-dealkylation sites (N-methyl/N-ethyl adjacent to an activating group) is 1. The molecule has 3 aliphatic rings. The van der Waals surface area contributed by atoms with Gasteiger partial charge in [0.05, 0.1) is 5.56 Å². The highest BCUT2D eigenvalue weighted by molar-refractivity contribution is 6.01. The molecule has 0 aromatic heterocycles. The Labute approximate surface area is 160 Å². The fourth-order valence-electron chi connectivity index (χ4n) is 4.65. The molecular weight excluding hydrogens is 342 g/mol. The van der Waals surface area contributed by atoms with Gasteiger partial charge in [-0.25, -0.2) is 4.79 Å². The minimum absolute atomic E-state index is 0.0453. The zero-order valence-corrected chi connectivity index (χ0v) is 16.2. The second-order valence-corrected chi connectivity index (χ2v) is 8.34. The average molecular weight is 371 g/mol. The molecule has 1 saturated carbocycles. The van der Waals surface area contributed by atoms with Crippen molar-refractivity contribution in [2.75, 3.05) is 25.0 Å². The van der Waals surface area contributed by atoms with Crippen molar-refractivity contribution in [2.24, 2.45) is 5.92 Å². The first kappa shape index (κ1) is 18.1. The molecular formula is C21H29N3O3. The molecule has 1 atom stereocenters. The quantitative estimate of drug-likeness (QED) is 0.865. The Balaban J connectivity index is 1.47. The van der Waals surface area contributed by atoms with Crippen molar-refractivity contribution in [3.8, 4) is 5.75 Å². The lowest BCUT2D eigenvalue weighted by Gasteiger charge is -2.26. The van der Waals surface area contributed by atoms with Gasteiger partial charge in [-0.3, -0.25) is 4.79 Å². The van der Waals surface area contributed by atoms with Crippen molar-refractivity contribution in [1.29, 1.82) is 0 Å². The summed E-state index contributed by atoms with van der Waals surface area (Å²) < 4.78 is 5.51. The van der Waals surface area contributed by atoms with Crippen LogP contribution in [0.25, 0.3) is 0 Å². The van der Waals surface area contributed by atoms with Gasteiger partial charge in [0.2, 0.25) is 0 Å². The van der Waals surface area contributed by atoms with E-state index in [1.54, 1.807) is 12.1 Å². The number of anilines is 1. The molecule has 0 radical (unpaired) electrons. The number of hydrogen-bond donors (Lipinski definition) is 1. The van der Waals surface area contributed by atoms with E-state index in [1.807, 2.05) is 18.0 Å². The van der Waals surface area contributed by atoms with Crippen LogP contribution in [0.2, 0.25) is 0 Å². The van der Waals surface area contributed by atoms with E-state index in [2.05, 4.69) is 17.1 Å². The maximum atomic E-state index is 13.0. The average Bonchev–Trinajstić information content (AvgIpc) is 3.07. The lowest BCUT2D eigenvalue weighted by atomic mass is 9.87. The van der Waals surface area contributed by atoms with Gasteiger partial charge in [-0.05, 0) is 62.6 Å². The smallest absolute Gasteiger partial charge is 0.410 e. The molecule has 6 heteroatoms. The predicted molar refractivity (Wildman–Crippen MR) is 104 cm³/mol. The number of benzene rings is 1. The fraction of sp³-hybridized carbons (Fsp3) is 0.619. The van der Waals surface area contributed by atoms with Gasteiger partial charge in [0, 0.05) is 37.9 Å². The molecule has 6 nitrogen and oxygen atoms in total. The van der Waals surface area contributed by atoms with E-state index in [-0.39, 0.29) is 18.0 Å². The van der Waals surface area contributed by atoms with Crippen molar-refractivity contribution >= 4 is 17.7 Å².